The summed E-state index contributed by atoms with van der Waals surface area (Å²) in [6.07, 6.45) is 3.91. The number of hydrogen-bond acceptors (Lipinski definition) is 3. The molecule has 0 atom stereocenters. The van der Waals surface area contributed by atoms with Crippen LogP contribution < -0.4 is 15.4 Å². The lowest BCUT2D eigenvalue weighted by atomic mass is 10.0. The van der Waals surface area contributed by atoms with Crippen molar-refractivity contribution in [3.63, 3.8) is 0 Å². The third-order valence-electron chi connectivity index (χ3n) is 5.05. The summed E-state index contributed by atoms with van der Waals surface area (Å²) >= 11 is 0. The lowest BCUT2D eigenvalue weighted by Gasteiger charge is -2.27. The Balaban J connectivity index is 1.39. The molecule has 0 radical (unpaired) electrons. The van der Waals surface area contributed by atoms with E-state index in [-0.39, 0.29) is 6.03 Å². The number of carbonyl (C=O) groups excluding carboxylic acids is 1. The van der Waals surface area contributed by atoms with Crippen molar-refractivity contribution in [2.45, 2.75) is 39.3 Å². The number of urea groups is 1. The van der Waals surface area contributed by atoms with Crippen molar-refractivity contribution >= 4 is 6.03 Å². The molecule has 2 amide bonds. The van der Waals surface area contributed by atoms with Gasteiger partial charge in [0.2, 0.25) is 0 Å². The van der Waals surface area contributed by atoms with Crippen LogP contribution in [0.2, 0.25) is 0 Å². The van der Waals surface area contributed by atoms with Gasteiger partial charge in [-0.2, -0.15) is 0 Å². The van der Waals surface area contributed by atoms with Crippen LogP contribution in [0, 0.1) is 6.92 Å². The van der Waals surface area contributed by atoms with Gasteiger partial charge in [0.25, 0.3) is 0 Å². The minimum absolute atomic E-state index is 0.166. The van der Waals surface area contributed by atoms with Gasteiger partial charge in [0, 0.05) is 13.1 Å². The summed E-state index contributed by atoms with van der Waals surface area (Å²) in [6, 6.07) is 16.1. The molecule has 3 rings (SSSR count). The van der Waals surface area contributed by atoms with E-state index in [1.165, 1.54) is 43.5 Å². The number of aryl methyl sites for hydroxylation is 1. The van der Waals surface area contributed by atoms with Gasteiger partial charge < -0.3 is 15.4 Å². The Morgan fingerprint density at radius 3 is 2.57 bits per heavy atom. The first-order valence-electron chi connectivity index (χ1n) is 10.2. The summed E-state index contributed by atoms with van der Waals surface area (Å²) < 4.78 is 5.66. The van der Waals surface area contributed by atoms with Crippen LogP contribution in [0.25, 0.3) is 0 Å². The van der Waals surface area contributed by atoms with E-state index in [2.05, 4.69) is 33.7 Å². The van der Waals surface area contributed by atoms with Crippen LogP contribution in [-0.2, 0) is 13.1 Å². The molecule has 2 aromatic carbocycles. The number of amides is 2. The smallest absolute Gasteiger partial charge is 0.315 e. The molecule has 1 aliphatic rings. The molecule has 150 valence electrons. The Hall–Kier alpha value is -2.53. The second kappa shape index (κ2) is 10.7. The molecule has 1 heterocycles. The number of benzene rings is 2. The fourth-order valence-corrected chi connectivity index (χ4v) is 3.52. The summed E-state index contributed by atoms with van der Waals surface area (Å²) in [4.78, 5) is 14.6. The lowest BCUT2D eigenvalue weighted by Crippen LogP contribution is -2.37. The first-order valence-corrected chi connectivity index (χ1v) is 10.2. The van der Waals surface area contributed by atoms with E-state index in [1.807, 2.05) is 37.3 Å². The molecule has 5 nitrogen and oxygen atoms in total. The Kier molecular flexibility index (Phi) is 7.73. The molecular weight excluding hydrogens is 350 g/mol. The number of nitrogens with one attached hydrogen (secondary N) is 2. The fraction of sp³-hybridized carbons (Fsp3) is 0.435. The first-order chi connectivity index (χ1) is 13.7. The molecular formula is C23H31N3O2. The molecule has 5 heteroatoms. The van der Waals surface area contributed by atoms with Gasteiger partial charge in [0.15, 0.2) is 0 Å². The van der Waals surface area contributed by atoms with Gasteiger partial charge in [-0.15, -0.1) is 0 Å². The predicted octanol–water partition coefficient (Wildman–Crippen LogP) is 3.86. The van der Waals surface area contributed by atoms with Crippen molar-refractivity contribution in [1.82, 2.24) is 15.5 Å². The average Bonchev–Trinajstić information content (AvgIpc) is 2.71. The fourth-order valence-electron chi connectivity index (χ4n) is 3.52. The van der Waals surface area contributed by atoms with E-state index in [4.69, 9.17) is 4.74 Å². The summed E-state index contributed by atoms with van der Waals surface area (Å²) in [5.41, 5.74) is 3.64. The second-order valence-corrected chi connectivity index (χ2v) is 7.38. The van der Waals surface area contributed by atoms with Gasteiger partial charge in [0.05, 0.1) is 6.54 Å². The minimum atomic E-state index is -0.166. The molecule has 1 saturated heterocycles. The monoisotopic (exact) mass is 381 g/mol. The Morgan fingerprint density at radius 2 is 1.79 bits per heavy atom. The number of likely N-dealkylation sites (tertiary alicyclic amines) is 1. The predicted molar refractivity (Wildman–Crippen MR) is 112 cm³/mol. The third kappa shape index (κ3) is 6.57. The molecule has 2 aromatic rings. The van der Waals surface area contributed by atoms with Crippen LogP contribution in [0.15, 0.2) is 48.5 Å². The van der Waals surface area contributed by atoms with Gasteiger partial charge in [-0.25, -0.2) is 4.79 Å². The van der Waals surface area contributed by atoms with Crippen LogP contribution >= 0.6 is 0 Å². The Bertz CT molecular complexity index is 757. The number of carbonyl (C=O) groups is 1. The van der Waals surface area contributed by atoms with E-state index in [0.29, 0.717) is 19.7 Å². The Morgan fingerprint density at radius 1 is 1.00 bits per heavy atom. The molecule has 1 aliphatic heterocycles. The molecule has 0 aromatic heterocycles. The van der Waals surface area contributed by atoms with Crippen LogP contribution in [0.4, 0.5) is 4.79 Å². The maximum Gasteiger partial charge on any atom is 0.315 e. The number of rotatable bonds is 8. The van der Waals surface area contributed by atoms with Gasteiger partial charge in [-0.05, 0) is 61.7 Å². The highest BCUT2D eigenvalue weighted by molar-refractivity contribution is 5.73. The zero-order valence-electron chi connectivity index (χ0n) is 16.7. The number of hydrogen-bond donors (Lipinski definition) is 2. The highest BCUT2D eigenvalue weighted by Crippen LogP contribution is 2.16. The van der Waals surface area contributed by atoms with Crippen molar-refractivity contribution in [2.24, 2.45) is 0 Å². The second-order valence-electron chi connectivity index (χ2n) is 7.38. The number of ether oxygens (including phenoxy) is 1. The van der Waals surface area contributed by atoms with Gasteiger partial charge >= 0.3 is 6.03 Å². The summed E-state index contributed by atoms with van der Waals surface area (Å²) in [5.74, 6) is 0.828. The summed E-state index contributed by atoms with van der Waals surface area (Å²) in [6.45, 7) is 6.78. The van der Waals surface area contributed by atoms with Crippen molar-refractivity contribution in [1.29, 1.82) is 0 Å². The standard InChI is InChI=1S/C23H31N3O2/c1-19-8-7-11-22(16-19)28-15-12-24-23(27)25-17-20-9-3-4-10-21(20)18-26-13-5-2-6-14-26/h3-4,7-11,16H,2,5-6,12-15,17-18H2,1H3,(H2,24,25,27). The molecule has 0 saturated carbocycles. The lowest BCUT2D eigenvalue weighted by molar-refractivity contribution is 0.220. The van der Waals surface area contributed by atoms with Crippen molar-refractivity contribution < 1.29 is 9.53 Å². The highest BCUT2D eigenvalue weighted by Gasteiger charge is 2.12. The summed E-state index contributed by atoms with van der Waals surface area (Å²) in [5, 5.41) is 5.81. The van der Waals surface area contributed by atoms with Crippen LogP contribution in [0.5, 0.6) is 5.75 Å². The van der Waals surface area contributed by atoms with Crippen LogP contribution in [0.3, 0.4) is 0 Å². The molecule has 2 N–H and O–H groups in total. The normalized spacial score (nSPS) is 14.5. The third-order valence-corrected chi connectivity index (χ3v) is 5.05. The SMILES string of the molecule is Cc1cccc(OCCNC(=O)NCc2ccccc2CN2CCCCC2)c1. The Labute approximate surface area is 168 Å². The van der Waals surface area contributed by atoms with E-state index < -0.39 is 0 Å². The molecule has 0 spiro atoms. The maximum absolute atomic E-state index is 12.1. The topological polar surface area (TPSA) is 53.6 Å². The highest BCUT2D eigenvalue weighted by atomic mass is 16.5. The molecule has 1 fully saturated rings. The quantitative estimate of drug-likeness (QED) is 0.683. The van der Waals surface area contributed by atoms with Crippen LogP contribution in [0.1, 0.15) is 36.0 Å². The molecule has 0 aliphatic carbocycles. The van der Waals surface area contributed by atoms with E-state index >= 15 is 0 Å². The maximum atomic E-state index is 12.1. The molecule has 0 unspecified atom stereocenters. The van der Waals surface area contributed by atoms with Gasteiger partial charge in [-0.1, -0.05) is 42.8 Å². The number of nitrogens with zero attached hydrogens (tertiary/aromatic N) is 1. The van der Waals surface area contributed by atoms with Crippen molar-refractivity contribution in [2.75, 3.05) is 26.2 Å². The van der Waals surface area contributed by atoms with Crippen molar-refractivity contribution in [3.8, 4) is 5.75 Å². The van der Waals surface area contributed by atoms with Crippen molar-refractivity contribution in [3.05, 3.63) is 65.2 Å². The average molecular weight is 382 g/mol. The zero-order chi connectivity index (χ0) is 19.6. The number of piperidine rings is 1. The zero-order valence-corrected chi connectivity index (χ0v) is 16.7. The largest absolute Gasteiger partial charge is 0.492 e. The van der Waals surface area contributed by atoms with E-state index in [9.17, 15) is 4.79 Å². The summed E-state index contributed by atoms with van der Waals surface area (Å²) in [7, 11) is 0. The van der Waals surface area contributed by atoms with Gasteiger partial charge in [-0.3, -0.25) is 4.90 Å². The molecule has 0 bridgehead atoms. The van der Waals surface area contributed by atoms with Gasteiger partial charge in [0.1, 0.15) is 12.4 Å². The molecule has 28 heavy (non-hydrogen) atoms. The van der Waals surface area contributed by atoms with Crippen LogP contribution in [-0.4, -0.2) is 37.2 Å². The minimum Gasteiger partial charge on any atom is -0.492 e. The van der Waals surface area contributed by atoms with E-state index in [1.54, 1.807) is 0 Å². The first kappa shape index (κ1) is 20.2. The van der Waals surface area contributed by atoms with E-state index in [0.717, 1.165) is 17.9 Å².